The Balaban J connectivity index is 4.10. The quantitative estimate of drug-likeness (QED) is 0.624. The van der Waals surface area contributed by atoms with E-state index in [-0.39, 0.29) is 6.54 Å². The topological polar surface area (TPSA) is 84.5 Å². The first-order valence-corrected chi connectivity index (χ1v) is 4.85. The maximum absolute atomic E-state index is 10.9. The fourth-order valence-electron chi connectivity index (χ4n) is 0.406. The van der Waals surface area contributed by atoms with Gasteiger partial charge < -0.3 is 4.74 Å². The number of hydrogen-bond acceptors (Lipinski definition) is 4. The lowest BCUT2D eigenvalue weighted by atomic mass is 10.4. The van der Waals surface area contributed by atoms with E-state index in [0.717, 1.165) is 7.11 Å². The third kappa shape index (κ3) is 6.12. The van der Waals surface area contributed by atoms with Crippen LogP contribution in [-0.2, 0) is 14.9 Å². The molecule has 0 saturated heterocycles. The molecule has 13 heavy (non-hydrogen) atoms. The van der Waals surface area contributed by atoms with E-state index in [1.807, 2.05) is 0 Å². The Bertz CT molecular complexity index is 296. The molecule has 0 radical (unpaired) electrons. The van der Waals surface area contributed by atoms with Crippen molar-refractivity contribution in [1.29, 1.82) is 0 Å². The van der Waals surface area contributed by atoms with Crippen LogP contribution in [0.1, 0.15) is 6.92 Å². The third-order valence-corrected chi connectivity index (χ3v) is 1.93. The minimum atomic E-state index is -3.82. The number of rotatable bonds is 4. The number of carbonyl (C=O) groups is 1. The Morgan fingerprint density at radius 1 is 1.54 bits per heavy atom. The maximum Gasteiger partial charge on any atom is 0.421 e. The summed E-state index contributed by atoms with van der Waals surface area (Å²) in [6, 6.07) is 0. The number of amides is 1. The summed E-state index contributed by atoms with van der Waals surface area (Å²) in [5.74, 6) is 0. The van der Waals surface area contributed by atoms with Crippen LogP contribution in [0.2, 0.25) is 0 Å². The molecule has 0 unspecified atom stereocenters. The van der Waals surface area contributed by atoms with E-state index in [0.29, 0.717) is 5.57 Å². The molecule has 0 atom stereocenters. The predicted molar refractivity (Wildman–Crippen MR) is 47.3 cm³/mol. The fraction of sp³-hybridized carbons (Fsp3) is 0.500. The lowest BCUT2D eigenvalue weighted by molar-refractivity contribution is 0.177. The highest BCUT2D eigenvalue weighted by atomic mass is 32.2. The second-order valence-electron chi connectivity index (χ2n) is 2.38. The Kier molecular flexibility index (Phi) is 4.43. The minimum Gasteiger partial charge on any atom is -0.452 e. The second kappa shape index (κ2) is 4.83. The summed E-state index contributed by atoms with van der Waals surface area (Å²) in [5, 5.41) is 0. The summed E-state index contributed by atoms with van der Waals surface area (Å²) >= 11 is 0. The Morgan fingerprint density at radius 3 is 2.46 bits per heavy atom. The van der Waals surface area contributed by atoms with Crippen molar-refractivity contribution in [3.05, 3.63) is 12.2 Å². The zero-order chi connectivity index (χ0) is 10.5. The van der Waals surface area contributed by atoms with Crippen LogP contribution in [-0.4, -0.2) is 28.2 Å². The molecule has 0 aliphatic rings. The van der Waals surface area contributed by atoms with Gasteiger partial charge in [-0.3, -0.25) is 0 Å². The molecule has 0 spiro atoms. The Hall–Kier alpha value is -1.08. The summed E-state index contributed by atoms with van der Waals surface area (Å²) in [6.07, 6.45) is -1.03. The normalized spacial score (nSPS) is 10.6. The van der Waals surface area contributed by atoms with Gasteiger partial charge in [-0.05, 0) is 6.92 Å². The Morgan fingerprint density at radius 2 is 2.08 bits per heavy atom. The van der Waals surface area contributed by atoms with Crippen molar-refractivity contribution in [3.8, 4) is 0 Å². The van der Waals surface area contributed by atoms with Gasteiger partial charge in [0, 0.05) is 6.54 Å². The van der Waals surface area contributed by atoms with Crippen LogP contribution in [0, 0.1) is 0 Å². The average Bonchev–Trinajstić information content (AvgIpc) is 2.00. The standard InChI is InChI=1S/C6H12N2O4S/c1-5(2)4-7-13(10,11)8-6(9)12-3/h7H,1,4H2,2-3H3,(H,8,9). The molecule has 0 bridgehead atoms. The van der Waals surface area contributed by atoms with Gasteiger partial charge in [-0.1, -0.05) is 12.2 Å². The molecule has 0 aromatic heterocycles. The summed E-state index contributed by atoms with van der Waals surface area (Å²) in [6.45, 7) is 5.22. The minimum absolute atomic E-state index is 0.0757. The van der Waals surface area contributed by atoms with Crippen molar-refractivity contribution in [3.63, 3.8) is 0 Å². The first kappa shape index (κ1) is 11.9. The van der Waals surface area contributed by atoms with Crippen molar-refractivity contribution < 1.29 is 17.9 Å². The van der Waals surface area contributed by atoms with Crippen LogP contribution >= 0.6 is 0 Å². The number of methoxy groups -OCH3 is 1. The van der Waals surface area contributed by atoms with E-state index >= 15 is 0 Å². The lowest BCUT2D eigenvalue weighted by Gasteiger charge is -2.06. The highest BCUT2D eigenvalue weighted by Gasteiger charge is 2.12. The molecule has 0 aliphatic heterocycles. The zero-order valence-electron chi connectivity index (χ0n) is 7.46. The van der Waals surface area contributed by atoms with E-state index < -0.39 is 16.3 Å². The second-order valence-corrected chi connectivity index (χ2v) is 3.87. The number of carbonyl (C=O) groups excluding carboxylic acids is 1. The van der Waals surface area contributed by atoms with Gasteiger partial charge in [0.2, 0.25) is 0 Å². The largest absolute Gasteiger partial charge is 0.452 e. The van der Waals surface area contributed by atoms with E-state index in [1.165, 1.54) is 0 Å². The molecular weight excluding hydrogens is 196 g/mol. The summed E-state index contributed by atoms with van der Waals surface area (Å²) in [7, 11) is -2.75. The monoisotopic (exact) mass is 208 g/mol. The number of nitrogens with one attached hydrogen (secondary N) is 2. The van der Waals surface area contributed by atoms with Crippen LogP contribution in [0.3, 0.4) is 0 Å². The molecule has 0 aromatic rings. The summed E-state index contributed by atoms with van der Waals surface area (Å²) in [4.78, 5) is 10.5. The first-order valence-electron chi connectivity index (χ1n) is 3.37. The van der Waals surface area contributed by atoms with Crippen molar-refractivity contribution in [2.24, 2.45) is 0 Å². The molecular formula is C6H12N2O4S. The van der Waals surface area contributed by atoms with Gasteiger partial charge in [-0.25, -0.2) is 9.52 Å². The number of ether oxygens (including phenoxy) is 1. The van der Waals surface area contributed by atoms with E-state index in [4.69, 9.17) is 0 Å². The first-order chi connectivity index (χ1) is 5.87. The van der Waals surface area contributed by atoms with Gasteiger partial charge in [0.1, 0.15) is 0 Å². The molecule has 0 aromatic carbocycles. The molecule has 0 aliphatic carbocycles. The highest BCUT2D eigenvalue weighted by molar-refractivity contribution is 7.88. The predicted octanol–water partition coefficient (Wildman–Crippen LogP) is -0.247. The number of hydrogen-bond donors (Lipinski definition) is 2. The van der Waals surface area contributed by atoms with E-state index in [2.05, 4.69) is 16.0 Å². The fourth-order valence-corrected chi connectivity index (χ4v) is 1.22. The molecule has 0 heterocycles. The lowest BCUT2D eigenvalue weighted by Crippen LogP contribution is -2.40. The van der Waals surface area contributed by atoms with Crippen LogP contribution < -0.4 is 9.44 Å². The molecule has 2 N–H and O–H groups in total. The zero-order valence-corrected chi connectivity index (χ0v) is 8.27. The van der Waals surface area contributed by atoms with Gasteiger partial charge in [0.05, 0.1) is 7.11 Å². The van der Waals surface area contributed by atoms with Crippen molar-refractivity contribution in [2.75, 3.05) is 13.7 Å². The highest BCUT2D eigenvalue weighted by Crippen LogP contribution is 1.85. The van der Waals surface area contributed by atoms with Crippen molar-refractivity contribution in [1.82, 2.24) is 9.44 Å². The van der Waals surface area contributed by atoms with Gasteiger partial charge in [0.15, 0.2) is 0 Å². The molecule has 6 nitrogen and oxygen atoms in total. The van der Waals surface area contributed by atoms with Crippen molar-refractivity contribution >= 4 is 16.3 Å². The van der Waals surface area contributed by atoms with Crippen LogP contribution in [0.25, 0.3) is 0 Å². The molecule has 1 amide bonds. The van der Waals surface area contributed by atoms with Gasteiger partial charge >= 0.3 is 16.3 Å². The third-order valence-electron chi connectivity index (χ3n) is 0.967. The van der Waals surface area contributed by atoms with Gasteiger partial charge in [0.25, 0.3) is 0 Å². The smallest absolute Gasteiger partial charge is 0.421 e. The summed E-state index contributed by atoms with van der Waals surface area (Å²) < 4.78 is 29.7. The molecule has 0 fully saturated rings. The van der Waals surface area contributed by atoms with Gasteiger partial charge in [-0.15, -0.1) is 0 Å². The Labute approximate surface area is 77.1 Å². The SMILES string of the molecule is C=C(C)CNS(=O)(=O)NC(=O)OC. The average molecular weight is 208 g/mol. The van der Waals surface area contributed by atoms with Crippen molar-refractivity contribution in [2.45, 2.75) is 6.92 Å². The molecule has 0 rings (SSSR count). The van der Waals surface area contributed by atoms with E-state index in [1.54, 1.807) is 11.6 Å². The van der Waals surface area contributed by atoms with Gasteiger partial charge in [-0.2, -0.15) is 13.1 Å². The van der Waals surface area contributed by atoms with Crippen LogP contribution in [0.15, 0.2) is 12.2 Å². The molecule has 0 saturated carbocycles. The molecule has 7 heteroatoms. The van der Waals surface area contributed by atoms with E-state index in [9.17, 15) is 13.2 Å². The maximum atomic E-state index is 10.9. The summed E-state index contributed by atoms with van der Waals surface area (Å²) in [5.41, 5.74) is 0.634. The molecule has 76 valence electrons. The van der Waals surface area contributed by atoms with Crippen LogP contribution in [0.4, 0.5) is 4.79 Å². The van der Waals surface area contributed by atoms with Crippen LogP contribution in [0.5, 0.6) is 0 Å².